The van der Waals surface area contributed by atoms with Gasteiger partial charge in [0.25, 0.3) is 10.0 Å². The third-order valence-electron chi connectivity index (χ3n) is 2.46. The van der Waals surface area contributed by atoms with E-state index in [-0.39, 0.29) is 17.1 Å². The summed E-state index contributed by atoms with van der Waals surface area (Å²) in [5, 5.41) is 17.6. The molecule has 2 aromatic rings. The molecule has 98 valence electrons. The Labute approximate surface area is 118 Å². The molecule has 2 rings (SSSR count). The van der Waals surface area contributed by atoms with Gasteiger partial charge in [0.05, 0.1) is 12.7 Å². The van der Waals surface area contributed by atoms with Crippen molar-refractivity contribution in [2.45, 2.75) is 11.6 Å². The highest BCUT2D eigenvalue weighted by Crippen LogP contribution is 2.20. The van der Waals surface area contributed by atoms with E-state index in [0.29, 0.717) is 0 Å². The molecule has 0 aliphatic carbocycles. The van der Waals surface area contributed by atoms with Crippen molar-refractivity contribution in [1.29, 1.82) is 5.26 Å². The minimum absolute atomic E-state index is 0.0606. The molecule has 0 saturated heterocycles. The highest BCUT2D eigenvalue weighted by molar-refractivity contribution is 9.10. The van der Waals surface area contributed by atoms with Gasteiger partial charge in [0.1, 0.15) is 11.6 Å². The van der Waals surface area contributed by atoms with Crippen molar-refractivity contribution < 1.29 is 8.42 Å². The average Bonchev–Trinajstić information content (AvgIpc) is 2.75. The number of sulfonamides is 1. The summed E-state index contributed by atoms with van der Waals surface area (Å²) in [5.41, 5.74) is 0.773. The van der Waals surface area contributed by atoms with Crippen molar-refractivity contribution in [3.05, 3.63) is 46.1 Å². The van der Waals surface area contributed by atoms with Crippen LogP contribution in [0.1, 0.15) is 11.1 Å². The third kappa shape index (κ3) is 2.84. The first-order valence-corrected chi connectivity index (χ1v) is 7.49. The molecule has 0 aliphatic heterocycles. The van der Waals surface area contributed by atoms with Crippen LogP contribution in [0.4, 0.5) is 0 Å². The van der Waals surface area contributed by atoms with E-state index in [9.17, 15) is 8.42 Å². The summed E-state index contributed by atoms with van der Waals surface area (Å²) in [6, 6.07) is 9.10. The lowest BCUT2D eigenvalue weighted by atomic mass is 10.2. The van der Waals surface area contributed by atoms with Crippen LogP contribution < -0.4 is 5.14 Å². The molecule has 0 bridgehead atoms. The number of benzene rings is 1. The Bertz CT molecular complexity index is 761. The molecular formula is C11H9BrN4O2S. The van der Waals surface area contributed by atoms with Gasteiger partial charge in [-0.25, -0.2) is 18.2 Å². The number of nitrogens with zero attached hydrogens (tertiary/aromatic N) is 3. The standard InChI is InChI=1S/C11H9BrN4O2S/c12-10-4-2-1-3-8(10)7-16-11(19(14,17)18)9(5-13)6-15-16/h1-4,6H,7H2,(H2,14,17,18). The van der Waals surface area contributed by atoms with Gasteiger partial charge in [-0.05, 0) is 11.6 Å². The van der Waals surface area contributed by atoms with Crippen molar-refractivity contribution in [3.63, 3.8) is 0 Å². The second-order valence-corrected chi connectivity index (χ2v) is 6.10. The van der Waals surface area contributed by atoms with Gasteiger partial charge < -0.3 is 0 Å². The first-order chi connectivity index (χ1) is 8.93. The fraction of sp³-hybridized carbons (Fsp3) is 0.0909. The fourth-order valence-corrected chi connectivity index (χ4v) is 2.87. The highest BCUT2D eigenvalue weighted by atomic mass is 79.9. The monoisotopic (exact) mass is 340 g/mol. The van der Waals surface area contributed by atoms with Gasteiger partial charge in [-0.15, -0.1) is 0 Å². The quantitative estimate of drug-likeness (QED) is 0.906. The zero-order valence-electron chi connectivity index (χ0n) is 9.62. The molecule has 0 atom stereocenters. The van der Waals surface area contributed by atoms with Gasteiger partial charge in [0.2, 0.25) is 0 Å². The molecule has 8 heteroatoms. The Morgan fingerprint density at radius 2 is 2.11 bits per heavy atom. The summed E-state index contributed by atoms with van der Waals surface area (Å²) in [5.74, 6) is 0. The van der Waals surface area contributed by atoms with Crippen LogP contribution in [0.3, 0.4) is 0 Å². The Kier molecular flexibility index (Phi) is 3.71. The van der Waals surface area contributed by atoms with E-state index >= 15 is 0 Å². The zero-order chi connectivity index (χ0) is 14.0. The Balaban J connectivity index is 2.52. The molecule has 0 saturated carbocycles. The summed E-state index contributed by atoms with van der Waals surface area (Å²) < 4.78 is 25.1. The first-order valence-electron chi connectivity index (χ1n) is 5.15. The number of primary sulfonamides is 1. The van der Waals surface area contributed by atoms with Gasteiger partial charge in [-0.3, -0.25) is 0 Å². The SMILES string of the molecule is N#Cc1cnn(Cc2ccccc2Br)c1S(N)(=O)=O. The van der Waals surface area contributed by atoms with E-state index in [0.717, 1.165) is 10.0 Å². The van der Waals surface area contributed by atoms with Crippen LogP contribution in [0.5, 0.6) is 0 Å². The molecule has 0 aliphatic rings. The largest absolute Gasteiger partial charge is 0.256 e. The number of rotatable bonds is 3. The predicted molar refractivity (Wildman–Crippen MR) is 71.6 cm³/mol. The van der Waals surface area contributed by atoms with E-state index in [2.05, 4.69) is 21.0 Å². The van der Waals surface area contributed by atoms with E-state index in [1.807, 2.05) is 24.3 Å². The molecule has 19 heavy (non-hydrogen) atoms. The highest BCUT2D eigenvalue weighted by Gasteiger charge is 2.21. The number of hydrogen-bond acceptors (Lipinski definition) is 4. The van der Waals surface area contributed by atoms with Gasteiger partial charge >= 0.3 is 0 Å². The molecule has 1 heterocycles. The maximum Gasteiger partial charge on any atom is 0.256 e. The maximum atomic E-state index is 11.5. The Hall–Kier alpha value is -1.69. The Morgan fingerprint density at radius 1 is 1.42 bits per heavy atom. The minimum atomic E-state index is -4.00. The lowest BCUT2D eigenvalue weighted by Gasteiger charge is -2.07. The smallest absolute Gasteiger partial charge is 0.247 e. The zero-order valence-corrected chi connectivity index (χ0v) is 12.0. The van der Waals surface area contributed by atoms with Crippen LogP contribution in [0.25, 0.3) is 0 Å². The number of halogens is 1. The van der Waals surface area contributed by atoms with Crippen molar-refractivity contribution in [1.82, 2.24) is 9.78 Å². The van der Waals surface area contributed by atoms with Crippen molar-refractivity contribution in [2.75, 3.05) is 0 Å². The Morgan fingerprint density at radius 3 is 2.68 bits per heavy atom. The molecule has 1 aromatic heterocycles. The summed E-state index contributed by atoms with van der Waals surface area (Å²) in [6.07, 6.45) is 1.19. The van der Waals surface area contributed by atoms with Crippen LogP contribution in [0.2, 0.25) is 0 Å². The van der Waals surface area contributed by atoms with E-state index < -0.39 is 10.0 Å². The van der Waals surface area contributed by atoms with Crippen LogP contribution >= 0.6 is 15.9 Å². The molecule has 1 aromatic carbocycles. The molecule has 0 amide bonds. The van der Waals surface area contributed by atoms with Crippen LogP contribution in [0, 0.1) is 11.3 Å². The molecule has 2 N–H and O–H groups in total. The predicted octanol–water partition coefficient (Wildman–Crippen LogP) is 1.21. The lowest BCUT2D eigenvalue weighted by molar-refractivity contribution is 0.563. The molecule has 0 fully saturated rings. The van der Waals surface area contributed by atoms with E-state index in [1.54, 1.807) is 6.07 Å². The lowest BCUT2D eigenvalue weighted by Crippen LogP contribution is -2.19. The molecular weight excluding hydrogens is 332 g/mol. The molecule has 0 radical (unpaired) electrons. The van der Waals surface area contributed by atoms with Crippen LogP contribution in [-0.4, -0.2) is 18.2 Å². The summed E-state index contributed by atoms with van der Waals surface area (Å²) in [6.45, 7) is 0.203. The average molecular weight is 341 g/mol. The maximum absolute atomic E-state index is 11.5. The van der Waals surface area contributed by atoms with Crippen molar-refractivity contribution in [3.8, 4) is 6.07 Å². The molecule has 6 nitrogen and oxygen atoms in total. The van der Waals surface area contributed by atoms with Gasteiger partial charge in [-0.1, -0.05) is 34.1 Å². The van der Waals surface area contributed by atoms with Gasteiger partial charge in [-0.2, -0.15) is 10.4 Å². The van der Waals surface area contributed by atoms with Crippen molar-refractivity contribution >= 4 is 26.0 Å². The fourth-order valence-electron chi connectivity index (χ4n) is 1.65. The molecule has 0 unspecified atom stereocenters. The van der Waals surface area contributed by atoms with E-state index in [4.69, 9.17) is 10.4 Å². The van der Waals surface area contributed by atoms with Crippen LogP contribution in [0.15, 0.2) is 40.0 Å². The number of nitrogens with two attached hydrogens (primary N) is 1. The number of aromatic nitrogens is 2. The topological polar surface area (TPSA) is 102 Å². The third-order valence-corrected chi connectivity index (χ3v) is 4.20. The summed E-state index contributed by atoms with van der Waals surface area (Å²) >= 11 is 3.37. The number of hydrogen-bond donors (Lipinski definition) is 1. The molecule has 0 spiro atoms. The second-order valence-electron chi connectivity index (χ2n) is 3.77. The van der Waals surface area contributed by atoms with E-state index in [1.165, 1.54) is 10.9 Å². The minimum Gasteiger partial charge on any atom is -0.247 e. The first kappa shape index (κ1) is 13.7. The van der Waals surface area contributed by atoms with Crippen molar-refractivity contribution in [2.24, 2.45) is 5.14 Å². The summed E-state index contributed by atoms with van der Waals surface area (Å²) in [7, 11) is -4.00. The number of nitriles is 1. The van der Waals surface area contributed by atoms with Gasteiger partial charge in [0.15, 0.2) is 5.03 Å². The second kappa shape index (κ2) is 5.13. The summed E-state index contributed by atoms with van der Waals surface area (Å²) in [4.78, 5) is 0. The van der Waals surface area contributed by atoms with Crippen LogP contribution in [-0.2, 0) is 16.6 Å². The normalized spacial score (nSPS) is 11.2. The van der Waals surface area contributed by atoms with Gasteiger partial charge in [0, 0.05) is 4.47 Å².